The average Bonchev–Trinajstić information content (AvgIpc) is 3.40. The third kappa shape index (κ3) is 3.92. The summed E-state index contributed by atoms with van der Waals surface area (Å²) in [6, 6.07) is 16.6. The number of ketones is 1. The number of nitrogens with zero attached hydrogens (tertiary/aromatic N) is 1. The normalized spacial score (nSPS) is 17.2. The fourth-order valence-corrected chi connectivity index (χ4v) is 4.91. The van der Waals surface area contributed by atoms with E-state index < -0.39 is 17.7 Å². The van der Waals surface area contributed by atoms with Gasteiger partial charge in [0.15, 0.2) is 0 Å². The van der Waals surface area contributed by atoms with E-state index in [9.17, 15) is 14.7 Å². The van der Waals surface area contributed by atoms with Crippen LogP contribution in [0.5, 0.6) is 5.75 Å². The van der Waals surface area contributed by atoms with Crippen LogP contribution in [-0.2, 0) is 9.59 Å². The van der Waals surface area contributed by atoms with Crippen molar-refractivity contribution in [1.82, 2.24) is 4.98 Å². The molecule has 36 heavy (non-hydrogen) atoms. The lowest BCUT2D eigenvalue weighted by Crippen LogP contribution is -2.29. The second kappa shape index (κ2) is 9.37. The molecular formula is C28H22Cl2N2O4. The molecule has 5 rings (SSSR count). The van der Waals surface area contributed by atoms with E-state index in [-0.39, 0.29) is 21.9 Å². The Hall–Kier alpha value is -3.74. The van der Waals surface area contributed by atoms with Crippen molar-refractivity contribution in [3.8, 4) is 5.75 Å². The summed E-state index contributed by atoms with van der Waals surface area (Å²) in [5.41, 5.74) is 2.89. The summed E-state index contributed by atoms with van der Waals surface area (Å²) in [6.07, 6.45) is 1.75. The van der Waals surface area contributed by atoms with Gasteiger partial charge in [-0.25, -0.2) is 0 Å². The van der Waals surface area contributed by atoms with E-state index in [0.717, 1.165) is 16.5 Å². The summed E-state index contributed by atoms with van der Waals surface area (Å²) in [7, 11) is 0. The van der Waals surface area contributed by atoms with E-state index >= 15 is 0 Å². The molecule has 1 amide bonds. The smallest absolute Gasteiger partial charge is 0.300 e. The van der Waals surface area contributed by atoms with Gasteiger partial charge in [0.05, 0.1) is 23.2 Å². The van der Waals surface area contributed by atoms with Gasteiger partial charge in [0, 0.05) is 38.9 Å². The Morgan fingerprint density at radius 3 is 2.58 bits per heavy atom. The molecular weight excluding hydrogens is 499 g/mol. The number of halogens is 2. The second-order valence-electron chi connectivity index (χ2n) is 8.47. The number of aliphatic hydroxyl groups is 1. The van der Waals surface area contributed by atoms with Gasteiger partial charge in [-0.2, -0.15) is 0 Å². The van der Waals surface area contributed by atoms with Crippen molar-refractivity contribution in [3.05, 3.63) is 99.2 Å². The number of aliphatic hydroxyl groups excluding tert-OH is 1. The first-order chi connectivity index (χ1) is 17.3. The van der Waals surface area contributed by atoms with Crippen molar-refractivity contribution in [2.24, 2.45) is 0 Å². The Morgan fingerprint density at radius 1 is 1.06 bits per heavy atom. The number of anilines is 1. The van der Waals surface area contributed by atoms with Gasteiger partial charge in [-0.1, -0.05) is 47.5 Å². The minimum Gasteiger partial charge on any atom is -0.507 e. The van der Waals surface area contributed by atoms with Gasteiger partial charge >= 0.3 is 0 Å². The van der Waals surface area contributed by atoms with Gasteiger partial charge in [-0.15, -0.1) is 0 Å². The lowest BCUT2D eigenvalue weighted by molar-refractivity contribution is -0.132. The van der Waals surface area contributed by atoms with E-state index in [1.165, 1.54) is 4.90 Å². The number of carbonyl (C=O) groups is 2. The largest absolute Gasteiger partial charge is 0.507 e. The topological polar surface area (TPSA) is 82.6 Å². The van der Waals surface area contributed by atoms with Crippen LogP contribution in [0, 0.1) is 6.92 Å². The number of nitrogens with one attached hydrogen (secondary N) is 1. The molecule has 1 aliphatic heterocycles. The van der Waals surface area contributed by atoms with Crippen LogP contribution in [0.25, 0.3) is 16.7 Å². The number of aromatic nitrogens is 1. The zero-order valence-corrected chi connectivity index (χ0v) is 21.0. The lowest BCUT2D eigenvalue weighted by Gasteiger charge is -2.25. The van der Waals surface area contributed by atoms with Crippen molar-refractivity contribution in [2.75, 3.05) is 11.5 Å². The molecule has 1 aromatic heterocycles. The molecule has 1 aliphatic rings. The number of rotatable bonds is 5. The third-order valence-electron chi connectivity index (χ3n) is 6.30. The van der Waals surface area contributed by atoms with Crippen LogP contribution in [0.3, 0.4) is 0 Å². The molecule has 0 spiro atoms. The van der Waals surface area contributed by atoms with Gasteiger partial charge in [-0.3, -0.25) is 14.5 Å². The molecule has 3 aromatic carbocycles. The van der Waals surface area contributed by atoms with Gasteiger partial charge in [0.1, 0.15) is 11.5 Å². The summed E-state index contributed by atoms with van der Waals surface area (Å²) < 4.78 is 5.56. The number of hydrogen-bond acceptors (Lipinski definition) is 4. The van der Waals surface area contributed by atoms with Crippen LogP contribution in [0.4, 0.5) is 5.69 Å². The van der Waals surface area contributed by atoms with E-state index in [4.69, 9.17) is 27.9 Å². The number of amides is 1. The Labute approximate surface area is 217 Å². The van der Waals surface area contributed by atoms with Crippen LogP contribution in [0.1, 0.15) is 29.7 Å². The zero-order chi connectivity index (χ0) is 25.6. The molecule has 0 aliphatic carbocycles. The predicted octanol–water partition coefficient (Wildman–Crippen LogP) is 6.81. The summed E-state index contributed by atoms with van der Waals surface area (Å²) in [6.45, 7) is 4.10. The van der Waals surface area contributed by atoms with Gasteiger partial charge in [0.2, 0.25) is 0 Å². The Bertz CT molecular complexity index is 1560. The molecule has 1 saturated heterocycles. The van der Waals surface area contributed by atoms with Crippen LogP contribution in [0.2, 0.25) is 10.0 Å². The minimum atomic E-state index is -0.924. The highest BCUT2D eigenvalue weighted by atomic mass is 35.5. The monoisotopic (exact) mass is 520 g/mol. The number of benzene rings is 3. The molecule has 1 unspecified atom stereocenters. The van der Waals surface area contributed by atoms with E-state index in [2.05, 4.69) is 4.98 Å². The first-order valence-electron chi connectivity index (χ1n) is 11.4. The first kappa shape index (κ1) is 24.0. The van der Waals surface area contributed by atoms with Gasteiger partial charge in [0.25, 0.3) is 11.7 Å². The van der Waals surface area contributed by atoms with Crippen molar-refractivity contribution >= 4 is 57.2 Å². The quantitative estimate of drug-likeness (QED) is 0.172. The standard InChI is InChI=1S/C28H22Cl2N2O4/c1-3-36-17-10-11-21(29)19(13-17)26(33)24-25(20-14-31-23-7-5-4-6-18(20)23)32(28(35)27(24)34)16-9-8-15(2)22(30)12-16/h4-14,25,31,33H,3H2,1-2H3/b26-24+. The predicted molar refractivity (Wildman–Crippen MR) is 142 cm³/mol. The minimum absolute atomic E-state index is 0.0722. The van der Waals surface area contributed by atoms with E-state index in [0.29, 0.717) is 28.6 Å². The van der Waals surface area contributed by atoms with Crippen LogP contribution < -0.4 is 9.64 Å². The molecule has 6 nitrogen and oxygen atoms in total. The summed E-state index contributed by atoms with van der Waals surface area (Å²) in [5, 5.41) is 13.0. The number of Topliss-reactive ketones (excluding diaryl/α,β-unsaturated/α-hetero) is 1. The van der Waals surface area contributed by atoms with Crippen LogP contribution in [-0.4, -0.2) is 28.4 Å². The van der Waals surface area contributed by atoms with Gasteiger partial charge in [-0.05, 0) is 55.8 Å². The van der Waals surface area contributed by atoms with Gasteiger partial charge < -0.3 is 14.8 Å². The molecule has 0 saturated carbocycles. The highest BCUT2D eigenvalue weighted by Gasteiger charge is 2.48. The van der Waals surface area contributed by atoms with Crippen molar-refractivity contribution in [1.29, 1.82) is 0 Å². The third-order valence-corrected chi connectivity index (χ3v) is 7.03. The van der Waals surface area contributed by atoms with Crippen LogP contribution in [0.15, 0.2) is 72.4 Å². The number of fused-ring (bicyclic) bond motifs is 1. The second-order valence-corrected chi connectivity index (χ2v) is 9.28. The number of ether oxygens (including phenoxy) is 1. The molecule has 2 heterocycles. The highest BCUT2D eigenvalue weighted by molar-refractivity contribution is 6.52. The Kier molecular flexibility index (Phi) is 6.24. The molecule has 1 fully saturated rings. The molecule has 8 heteroatoms. The number of H-pyrrole nitrogens is 1. The Morgan fingerprint density at radius 2 is 1.83 bits per heavy atom. The lowest BCUT2D eigenvalue weighted by atomic mass is 9.94. The molecule has 182 valence electrons. The maximum atomic E-state index is 13.5. The van der Waals surface area contributed by atoms with E-state index in [1.54, 1.807) is 42.6 Å². The fourth-order valence-electron chi connectivity index (χ4n) is 4.53. The summed E-state index contributed by atoms with van der Waals surface area (Å²) in [4.78, 5) is 31.5. The summed E-state index contributed by atoms with van der Waals surface area (Å²) in [5.74, 6) is -1.50. The highest BCUT2D eigenvalue weighted by Crippen LogP contribution is 2.45. The Balaban J connectivity index is 1.78. The SMILES string of the molecule is CCOc1ccc(Cl)c(/C(O)=C2\C(=O)C(=O)N(c3ccc(C)c(Cl)c3)C2c2c[nH]c3ccccc23)c1. The number of aryl methyl sites for hydroxylation is 1. The molecule has 0 radical (unpaired) electrons. The van der Waals surface area contributed by atoms with Crippen molar-refractivity contribution in [3.63, 3.8) is 0 Å². The number of aromatic amines is 1. The molecule has 0 bridgehead atoms. The maximum Gasteiger partial charge on any atom is 0.300 e. The number of para-hydroxylation sites is 1. The van der Waals surface area contributed by atoms with Crippen molar-refractivity contribution in [2.45, 2.75) is 19.9 Å². The molecule has 2 N–H and O–H groups in total. The van der Waals surface area contributed by atoms with Crippen molar-refractivity contribution < 1.29 is 19.4 Å². The number of hydrogen-bond donors (Lipinski definition) is 2. The number of carbonyl (C=O) groups excluding carboxylic acids is 2. The summed E-state index contributed by atoms with van der Waals surface area (Å²) >= 11 is 12.8. The fraction of sp³-hybridized carbons (Fsp3) is 0.143. The average molecular weight is 521 g/mol. The molecule has 1 atom stereocenters. The first-order valence-corrected chi connectivity index (χ1v) is 12.1. The maximum absolute atomic E-state index is 13.5. The molecule has 4 aromatic rings. The zero-order valence-electron chi connectivity index (χ0n) is 19.5. The van der Waals surface area contributed by atoms with E-state index in [1.807, 2.05) is 38.1 Å². The van der Waals surface area contributed by atoms with Crippen LogP contribution >= 0.6 is 23.2 Å².